The van der Waals surface area contributed by atoms with Crippen LogP contribution in [0.5, 0.6) is 0 Å². The molecule has 2 N–H and O–H groups in total. The van der Waals surface area contributed by atoms with E-state index in [9.17, 15) is 4.79 Å². The highest BCUT2D eigenvalue weighted by molar-refractivity contribution is 5.96. The molecule has 3 heterocycles. The van der Waals surface area contributed by atoms with E-state index >= 15 is 0 Å². The molecule has 0 spiro atoms. The molecule has 2 aromatic heterocycles. The fraction of sp³-hybridized carbons (Fsp3) is 0.304. The van der Waals surface area contributed by atoms with Crippen LogP contribution < -0.4 is 5.73 Å². The summed E-state index contributed by atoms with van der Waals surface area (Å²) in [6.07, 6.45) is 1.80. The number of aromatic nitrogens is 2. The molecule has 1 aliphatic heterocycles. The fourth-order valence-corrected chi connectivity index (χ4v) is 4.13. The largest absolute Gasteiger partial charge is 0.342 e. The Morgan fingerprint density at radius 1 is 1.07 bits per heavy atom. The van der Waals surface area contributed by atoms with Gasteiger partial charge < -0.3 is 15.2 Å². The Kier molecular flexibility index (Phi) is 8.07. The monoisotopic (exact) mass is 446 g/mol. The molecule has 1 aromatic carbocycles. The minimum Gasteiger partial charge on any atom is -0.342 e. The van der Waals surface area contributed by atoms with E-state index in [-0.39, 0.29) is 42.7 Å². The summed E-state index contributed by atoms with van der Waals surface area (Å²) >= 11 is 0. The molecule has 1 fully saturated rings. The van der Waals surface area contributed by atoms with Crippen LogP contribution in [0.3, 0.4) is 0 Å². The van der Waals surface area contributed by atoms with Gasteiger partial charge in [0.1, 0.15) is 0 Å². The summed E-state index contributed by atoms with van der Waals surface area (Å²) in [6.45, 7) is 5.96. The molecular weight excluding hydrogens is 419 g/mol. The molecule has 0 radical (unpaired) electrons. The fourth-order valence-electron chi connectivity index (χ4n) is 4.13. The van der Waals surface area contributed by atoms with E-state index in [4.69, 9.17) is 5.73 Å². The van der Waals surface area contributed by atoms with Crippen LogP contribution in [0.2, 0.25) is 0 Å². The predicted molar refractivity (Wildman–Crippen MR) is 125 cm³/mol. The Morgan fingerprint density at radius 2 is 1.77 bits per heavy atom. The maximum Gasteiger partial charge on any atom is 0.255 e. The topological polar surface area (TPSA) is 64.2 Å². The summed E-state index contributed by atoms with van der Waals surface area (Å²) in [6, 6.07) is 18.1. The van der Waals surface area contributed by atoms with Gasteiger partial charge in [-0.1, -0.05) is 36.4 Å². The van der Waals surface area contributed by atoms with Gasteiger partial charge in [-0.3, -0.25) is 9.78 Å². The van der Waals surface area contributed by atoms with Gasteiger partial charge in [0.15, 0.2) is 0 Å². The molecule has 0 bridgehead atoms. The van der Waals surface area contributed by atoms with E-state index < -0.39 is 0 Å². The number of aryl methyl sites for hydroxylation is 1. The second-order valence-corrected chi connectivity index (χ2v) is 7.58. The van der Waals surface area contributed by atoms with Gasteiger partial charge in [-0.25, -0.2) is 0 Å². The molecule has 1 amide bonds. The van der Waals surface area contributed by atoms with Crippen molar-refractivity contribution in [1.82, 2.24) is 14.5 Å². The second kappa shape index (κ2) is 10.1. The number of benzene rings is 1. The quantitative estimate of drug-likeness (QED) is 0.659. The standard InChI is InChI=1S/C23H26N4O.2ClH/c1-16-12-20(17(2)27(16)13-19-10-6-7-11-25-19)23(28)26-14-21(22(24)15-26)18-8-4-3-5-9-18;;/h3-12,21-22H,13-15,24H2,1-2H3;2*1H/t21-,22+;;/m0../s1. The smallest absolute Gasteiger partial charge is 0.255 e. The molecule has 160 valence electrons. The average Bonchev–Trinajstić information content (AvgIpc) is 3.24. The first kappa shape index (κ1) is 23.9. The van der Waals surface area contributed by atoms with Crippen LogP contribution in [0.1, 0.15) is 38.9 Å². The summed E-state index contributed by atoms with van der Waals surface area (Å²) < 4.78 is 2.15. The highest BCUT2D eigenvalue weighted by Crippen LogP contribution is 2.28. The number of carbonyl (C=O) groups excluding carboxylic acids is 1. The Morgan fingerprint density at radius 3 is 2.43 bits per heavy atom. The van der Waals surface area contributed by atoms with Gasteiger partial charge in [-0.05, 0) is 37.6 Å². The van der Waals surface area contributed by atoms with Crippen LogP contribution in [-0.4, -0.2) is 39.5 Å². The van der Waals surface area contributed by atoms with Crippen molar-refractivity contribution in [2.24, 2.45) is 5.73 Å². The zero-order valence-electron chi connectivity index (χ0n) is 17.2. The number of nitrogens with zero attached hydrogens (tertiary/aromatic N) is 3. The molecule has 0 saturated carbocycles. The zero-order chi connectivity index (χ0) is 19.7. The SMILES string of the molecule is Cc1cc(C(=O)N2C[C@@H](N)[C@H](c3ccccc3)C2)c(C)n1Cc1ccccn1.Cl.Cl. The number of pyridine rings is 1. The number of halogens is 2. The maximum absolute atomic E-state index is 13.2. The summed E-state index contributed by atoms with van der Waals surface area (Å²) in [7, 11) is 0. The van der Waals surface area contributed by atoms with Crippen LogP contribution in [0, 0.1) is 13.8 Å². The summed E-state index contributed by atoms with van der Waals surface area (Å²) in [5.41, 5.74) is 11.4. The van der Waals surface area contributed by atoms with Crippen LogP contribution in [0.25, 0.3) is 0 Å². The Labute approximate surface area is 190 Å². The summed E-state index contributed by atoms with van der Waals surface area (Å²) in [4.78, 5) is 19.6. The lowest BCUT2D eigenvalue weighted by Gasteiger charge is -2.17. The summed E-state index contributed by atoms with van der Waals surface area (Å²) in [5, 5.41) is 0. The van der Waals surface area contributed by atoms with Crippen molar-refractivity contribution < 1.29 is 4.79 Å². The molecule has 0 aliphatic carbocycles. The van der Waals surface area contributed by atoms with E-state index in [2.05, 4.69) is 21.7 Å². The van der Waals surface area contributed by atoms with E-state index in [0.717, 1.165) is 22.6 Å². The minimum atomic E-state index is -0.0386. The van der Waals surface area contributed by atoms with Gasteiger partial charge >= 0.3 is 0 Å². The number of nitrogens with two attached hydrogens (primary N) is 1. The lowest BCUT2D eigenvalue weighted by Crippen LogP contribution is -2.32. The van der Waals surface area contributed by atoms with Crippen LogP contribution in [0.4, 0.5) is 0 Å². The number of likely N-dealkylation sites (tertiary alicyclic amines) is 1. The molecule has 2 atom stereocenters. The van der Waals surface area contributed by atoms with Gasteiger partial charge in [0.25, 0.3) is 5.91 Å². The van der Waals surface area contributed by atoms with Crippen molar-refractivity contribution >= 4 is 30.7 Å². The van der Waals surface area contributed by atoms with Crippen molar-refractivity contribution in [2.75, 3.05) is 13.1 Å². The Bertz CT molecular complexity index is 976. The number of amides is 1. The Hall–Kier alpha value is -2.34. The first-order chi connectivity index (χ1) is 13.5. The number of rotatable bonds is 4. The minimum absolute atomic E-state index is 0. The van der Waals surface area contributed by atoms with Crippen molar-refractivity contribution in [3.8, 4) is 0 Å². The molecule has 1 saturated heterocycles. The lowest BCUT2D eigenvalue weighted by atomic mass is 9.95. The van der Waals surface area contributed by atoms with Crippen molar-refractivity contribution in [1.29, 1.82) is 0 Å². The maximum atomic E-state index is 13.2. The average molecular weight is 447 g/mol. The van der Waals surface area contributed by atoms with Crippen LogP contribution in [-0.2, 0) is 6.54 Å². The predicted octanol–water partition coefficient (Wildman–Crippen LogP) is 3.96. The molecule has 7 heteroatoms. The van der Waals surface area contributed by atoms with Gasteiger partial charge in [-0.15, -0.1) is 24.8 Å². The van der Waals surface area contributed by atoms with E-state index in [1.807, 2.05) is 61.2 Å². The third kappa shape index (κ3) is 4.69. The molecule has 30 heavy (non-hydrogen) atoms. The molecule has 5 nitrogen and oxygen atoms in total. The van der Waals surface area contributed by atoms with Crippen LogP contribution in [0.15, 0.2) is 60.8 Å². The summed E-state index contributed by atoms with van der Waals surface area (Å²) in [5.74, 6) is 0.247. The number of hydrogen-bond acceptors (Lipinski definition) is 3. The number of hydrogen-bond donors (Lipinski definition) is 1. The van der Waals surface area contributed by atoms with Crippen molar-refractivity contribution in [2.45, 2.75) is 32.4 Å². The van der Waals surface area contributed by atoms with Gasteiger partial charge in [-0.2, -0.15) is 0 Å². The van der Waals surface area contributed by atoms with Gasteiger partial charge in [0.2, 0.25) is 0 Å². The first-order valence-electron chi connectivity index (χ1n) is 9.71. The third-order valence-corrected chi connectivity index (χ3v) is 5.73. The first-order valence-corrected chi connectivity index (χ1v) is 9.71. The van der Waals surface area contributed by atoms with Gasteiger partial charge in [0, 0.05) is 42.6 Å². The van der Waals surface area contributed by atoms with Crippen molar-refractivity contribution in [3.05, 3.63) is 89.0 Å². The molecule has 1 aliphatic rings. The Balaban J connectivity index is 0.00000160. The highest BCUT2D eigenvalue weighted by Gasteiger charge is 2.35. The zero-order valence-corrected chi connectivity index (χ0v) is 18.8. The molecule has 4 rings (SSSR count). The van der Waals surface area contributed by atoms with E-state index in [1.54, 1.807) is 6.20 Å². The third-order valence-electron chi connectivity index (χ3n) is 5.73. The molecule has 0 unspecified atom stereocenters. The molecule has 3 aromatic rings. The van der Waals surface area contributed by atoms with Crippen LogP contribution >= 0.6 is 24.8 Å². The van der Waals surface area contributed by atoms with E-state index in [0.29, 0.717) is 19.6 Å². The lowest BCUT2D eigenvalue weighted by molar-refractivity contribution is 0.0788. The highest BCUT2D eigenvalue weighted by atomic mass is 35.5. The number of carbonyl (C=O) groups is 1. The van der Waals surface area contributed by atoms with Gasteiger partial charge in [0.05, 0.1) is 17.8 Å². The van der Waals surface area contributed by atoms with E-state index in [1.165, 1.54) is 5.56 Å². The van der Waals surface area contributed by atoms with Crippen molar-refractivity contribution in [3.63, 3.8) is 0 Å². The normalized spacial score (nSPS) is 17.9. The molecular formula is C23H28Cl2N4O. The second-order valence-electron chi connectivity index (χ2n) is 7.58.